The fourth-order valence-corrected chi connectivity index (χ4v) is 4.95. The number of aromatic nitrogens is 3. The van der Waals surface area contributed by atoms with Gasteiger partial charge in [0.05, 0.1) is 16.8 Å². The van der Waals surface area contributed by atoms with Crippen molar-refractivity contribution in [2.75, 3.05) is 18.4 Å². The minimum Gasteiger partial charge on any atom is -0.390 e. The molecule has 34 heavy (non-hydrogen) atoms. The fraction of sp³-hybridized carbons (Fsp3) is 0.385. The number of anilines is 1. The highest BCUT2D eigenvalue weighted by Gasteiger charge is 2.26. The highest BCUT2D eigenvalue weighted by molar-refractivity contribution is 6.35. The first-order chi connectivity index (χ1) is 16.5. The summed E-state index contributed by atoms with van der Waals surface area (Å²) in [5.41, 5.74) is 4.30. The molecule has 4 heterocycles. The third-order valence-electron chi connectivity index (χ3n) is 6.74. The predicted molar refractivity (Wildman–Crippen MR) is 136 cm³/mol. The van der Waals surface area contributed by atoms with E-state index in [9.17, 15) is 5.11 Å². The van der Waals surface area contributed by atoms with Crippen molar-refractivity contribution in [2.24, 2.45) is 4.99 Å². The summed E-state index contributed by atoms with van der Waals surface area (Å²) < 4.78 is 4.16. The Labute approximate surface area is 204 Å². The second kappa shape index (κ2) is 8.73. The van der Waals surface area contributed by atoms with Crippen LogP contribution in [0.15, 0.2) is 59.6 Å². The maximum absolute atomic E-state index is 9.57. The fourth-order valence-electron chi connectivity index (χ4n) is 4.69. The third-order valence-corrected chi connectivity index (χ3v) is 7.04. The van der Waals surface area contributed by atoms with Gasteiger partial charge in [-0.3, -0.25) is 4.90 Å². The Morgan fingerprint density at radius 3 is 2.82 bits per heavy atom. The maximum atomic E-state index is 9.57. The predicted octanol–water partition coefficient (Wildman–Crippen LogP) is 4.86. The highest BCUT2D eigenvalue weighted by Crippen LogP contribution is 2.40. The van der Waals surface area contributed by atoms with E-state index < -0.39 is 0 Å². The minimum atomic E-state index is -0.201. The van der Waals surface area contributed by atoms with E-state index in [0.717, 1.165) is 71.5 Å². The number of hydrogen-bond acceptors (Lipinski definition) is 5. The molecule has 176 valence electrons. The number of aryl methyl sites for hydroxylation is 1. The molecule has 0 amide bonds. The van der Waals surface area contributed by atoms with Crippen LogP contribution in [0.25, 0.3) is 10.9 Å². The largest absolute Gasteiger partial charge is 0.390 e. The summed E-state index contributed by atoms with van der Waals surface area (Å²) in [7, 11) is 0. The van der Waals surface area contributed by atoms with Gasteiger partial charge in [0.1, 0.15) is 5.82 Å². The van der Waals surface area contributed by atoms with Gasteiger partial charge >= 0.3 is 0 Å². The molecule has 2 fully saturated rings. The SMILES string of the molecule is Cc1nn(C2=NC(Nc3ccc4c(c3)c(Cl)cn4C3CC3)=CCCC=C2)cc1CN1CC(O)C1. The summed E-state index contributed by atoms with van der Waals surface area (Å²) in [4.78, 5) is 7.14. The normalized spacial score (nSPS) is 19.5. The Hall–Kier alpha value is -2.87. The molecule has 6 rings (SSSR count). The molecule has 0 spiro atoms. The molecule has 3 aromatic rings. The lowest BCUT2D eigenvalue weighted by molar-refractivity contribution is -0.00297. The number of hydrogen-bond donors (Lipinski definition) is 2. The van der Waals surface area contributed by atoms with Gasteiger partial charge in [0, 0.05) is 60.2 Å². The number of nitrogens with one attached hydrogen (secondary N) is 1. The zero-order valence-corrected chi connectivity index (χ0v) is 20.0. The Morgan fingerprint density at radius 1 is 1.18 bits per heavy atom. The van der Waals surface area contributed by atoms with Crippen LogP contribution in [-0.4, -0.2) is 49.4 Å². The second-order valence-electron chi connectivity index (χ2n) is 9.54. The summed E-state index contributed by atoms with van der Waals surface area (Å²) in [5, 5.41) is 19.6. The average molecular weight is 477 g/mol. The first-order valence-corrected chi connectivity index (χ1v) is 12.4. The Morgan fingerprint density at radius 2 is 2.03 bits per heavy atom. The summed E-state index contributed by atoms with van der Waals surface area (Å²) >= 11 is 6.56. The van der Waals surface area contributed by atoms with Gasteiger partial charge in [-0.2, -0.15) is 5.10 Å². The number of rotatable bonds is 5. The van der Waals surface area contributed by atoms with Crippen LogP contribution in [0, 0.1) is 6.92 Å². The summed E-state index contributed by atoms with van der Waals surface area (Å²) in [6.45, 7) is 4.26. The summed E-state index contributed by atoms with van der Waals surface area (Å²) in [5.74, 6) is 1.58. The Balaban J connectivity index is 1.25. The molecular formula is C26H29ClN6O. The monoisotopic (exact) mass is 476 g/mol. The van der Waals surface area contributed by atoms with E-state index in [1.54, 1.807) is 0 Å². The van der Waals surface area contributed by atoms with Crippen LogP contribution in [0.1, 0.15) is 43.0 Å². The lowest BCUT2D eigenvalue weighted by Gasteiger charge is -2.35. The first kappa shape index (κ1) is 21.6. The van der Waals surface area contributed by atoms with Crippen LogP contribution < -0.4 is 5.32 Å². The molecule has 0 atom stereocenters. The molecule has 1 saturated carbocycles. The van der Waals surface area contributed by atoms with E-state index in [4.69, 9.17) is 21.7 Å². The molecule has 2 aliphatic heterocycles. The zero-order chi connectivity index (χ0) is 23.2. The van der Waals surface area contributed by atoms with E-state index in [-0.39, 0.29) is 6.10 Å². The van der Waals surface area contributed by atoms with Crippen LogP contribution >= 0.6 is 11.6 Å². The zero-order valence-electron chi connectivity index (χ0n) is 19.3. The number of aliphatic hydroxyl groups is 1. The van der Waals surface area contributed by atoms with Gasteiger partial charge in [0.25, 0.3) is 0 Å². The second-order valence-corrected chi connectivity index (χ2v) is 9.95. The van der Waals surface area contributed by atoms with Crippen molar-refractivity contribution in [3.63, 3.8) is 0 Å². The Kier molecular flexibility index (Phi) is 5.56. The summed E-state index contributed by atoms with van der Waals surface area (Å²) in [6, 6.07) is 6.94. The number of benzene rings is 1. The molecule has 1 aliphatic carbocycles. The van der Waals surface area contributed by atoms with Gasteiger partial charge in [-0.25, -0.2) is 9.67 Å². The van der Waals surface area contributed by atoms with Gasteiger partial charge in [-0.1, -0.05) is 17.7 Å². The number of halogens is 1. The number of β-amino-alcohol motifs (C(OH)–C–C–N with tert-alkyl or cyclic N) is 1. The number of likely N-dealkylation sites (tertiary alicyclic amines) is 1. The van der Waals surface area contributed by atoms with E-state index in [0.29, 0.717) is 6.04 Å². The van der Waals surface area contributed by atoms with Crippen LogP contribution in [0.2, 0.25) is 5.02 Å². The number of aliphatic hydroxyl groups excluding tert-OH is 1. The van der Waals surface area contributed by atoms with Gasteiger partial charge in [0.2, 0.25) is 0 Å². The molecule has 1 aromatic carbocycles. The minimum absolute atomic E-state index is 0.201. The van der Waals surface area contributed by atoms with Crippen LogP contribution in [0.3, 0.4) is 0 Å². The van der Waals surface area contributed by atoms with Crippen molar-refractivity contribution in [3.8, 4) is 0 Å². The topological polar surface area (TPSA) is 70.6 Å². The van der Waals surface area contributed by atoms with Crippen molar-refractivity contribution in [1.29, 1.82) is 0 Å². The Bertz CT molecular complexity index is 1320. The molecule has 3 aliphatic rings. The standard InChI is InChI=1S/C26H29ClN6O/c1-17-18(12-31-14-21(34)15-31)13-33(30-17)26-6-4-2-3-5-25(29-26)28-19-7-10-24-22(11-19)23(27)16-32(24)20-8-9-20/h4-7,10-11,13,16,20-21,28,34H,2-3,8-9,12,14-15H2,1H3. The van der Waals surface area contributed by atoms with Crippen LogP contribution in [0.4, 0.5) is 5.69 Å². The van der Waals surface area contributed by atoms with Crippen molar-refractivity contribution in [3.05, 3.63) is 70.9 Å². The highest BCUT2D eigenvalue weighted by atomic mass is 35.5. The van der Waals surface area contributed by atoms with E-state index in [1.807, 2.05) is 17.7 Å². The van der Waals surface area contributed by atoms with Crippen molar-refractivity contribution >= 4 is 34.0 Å². The van der Waals surface area contributed by atoms with Crippen LogP contribution in [-0.2, 0) is 6.54 Å². The lowest BCUT2D eigenvalue weighted by atomic mass is 10.1. The molecule has 7 nitrogen and oxygen atoms in total. The molecular weight excluding hydrogens is 448 g/mol. The molecule has 2 aromatic heterocycles. The quantitative estimate of drug-likeness (QED) is 0.551. The summed E-state index contributed by atoms with van der Waals surface area (Å²) in [6.07, 6.45) is 14.5. The van der Waals surface area contributed by atoms with E-state index in [2.05, 4.69) is 57.5 Å². The molecule has 2 N–H and O–H groups in total. The van der Waals surface area contributed by atoms with Crippen LogP contribution in [0.5, 0.6) is 0 Å². The van der Waals surface area contributed by atoms with Gasteiger partial charge in [-0.15, -0.1) is 0 Å². The molecule has 0 bridgehead atoms. The number of allylic oxidation sites excluding steroid dienone is 3. The van der Waals surface area contributed by atoms with Crippen molar-refractivity contribution in [2.45, 2.75) is 51.3 Å². The van der Waals surface area contributed by atoms with Gasteiger partial charge in [0.15, 0.2) is 5.84 Å². The molecule has 8 heteroatoms. The molecule has 0 radical (unpaired) electrons. The van der Waals surface area contributed by atoms with Gasteiger partial charge < -0.3 is 15.0 Å². The van der Waals surface area contributed by atoms with E-state index in [1.165, 1.54) is 18.4 Å². The maximum Gasteiger partial charge on any atom is 0.155 e. The van der Waals surface area contributed by atoms with Crippen molar-refractivity contribution < 1.29 is 5.11 Å². The smallest absolute Gasteiger partial charge is 0.155 e. The van der Waals surface area contributed by atoms with E-state index >= 15 is 0 Å². The first-order valence-electron chi connectivity index (χ1n) is 12.0. The van der Waals surface area contributed by atoms with Gasteiger partial charge in [-0.05, 0) is 63.0 Å². The third kappa shape index (κ3) is 4.31. The lowest BCUT2D eigenvalue weighted by Crippen LogP contribution is -2.49. The molecule has 0 unspecified atom stereocenters. The number of fused-ring (bicyclic) bond motifs is 1. The van der Waals surface area contributed by atoms with Crippen molar-refractivity contribution in [1.82, 2.24) is 19.2 Å². The average Bonchev–Trinajstić information content (AvgIpc) is 3.49. The number of nitrogens with zero attached hydrogens (tertiary/aromatic N) is 5. The molecule has 1 saturated heterocycles. The number of aliphatic imine (C=N–C) groups is 1.